The minimum absolute atomic E-state index is 0.361. The molecule has 26 heavy (non-hydrogen) atoms. The quantitative estimate of drug-likeness (QED) is 0.691. The van der Waals surface area contributed by atoms with Crippen molar-refractivity contribution in [1.82, 2.24) is 9.29 Å². The van der Waals surface area contributed by atoms with Gasteiger partial charge in [-0.2, -0.15) is 4.31 Å². The predicted octanol–water partition coefficient (Wildman–Crippen LogP) is 3.42. The number of benzene rings is 2. The molecule has 1 aromatic heterocycles. The van der Waals surface area contributed by atoms with Crippen molar-refractivity contribution >= 4 is 36.7 Å². The first-order chi connectivity index (χ1) is 12.5. The molecular weight excluding hydrogens is 366 g/mol. The van der Waals surface area contributed by atoms with Crippen LogP contribution in [0, 0.1) is 13.8 Å². The molecule has 136 valence electrons. The summed E-state index contributed by atoms with van der Waals surface area (Å²) in [6.07, 6.45) is 0. The van der Waals surface area contributed by atoms with Gasteiger partial charge in [0.05, 0.1) is 15.1 Å². The summed E-state index contributed by atoms with van der Waals surface area (Å²) >= 11 is 1.68. The van der Waals surface area contributed by atoms with E-state index in [0.717, 1.165) is 10.6 Å². The van der Waals surface area contributed by atoms with Crippen molar-refractivity contribution in [2.24, 2.45) is 0 Å². The van der Waals surface area contributed by atoms with Crippen LogP contribution in [-0.4, -0.2) is 43.9 Å². The molecule has 2 aromatic carbocycles. The van der Waals surface area contributed by atoms with Crippen LogP contribution in [0.25, 0.3) is 10.2 Å². The Morgan fingerprint density at radius 1 is 0.962 bits per heavy atom. The maximum absolute atomic E-state index is 12.7. The van der Waals surface area contributed by atoms with Gasteiger partial charge in [0.25, 0.3) is 0 Å². The normalized spacial score (nSPS) is 16.3. The summed E-state index contributed by atoms with van der Waals surface area (Å²) in [7, 11) is -3.41. The Balaban J connectivity index is 1.53. The molecular formula is C19H21N3O2S2. The van der Waals surface area contributed by atoms with Crippen molar-refractivity contribution in [3.63, 3.8) is 0 Å². The number of hydrogen-bond donors (Lipinski definition) is 0. The number of thiazole rings is 1. The fraction of sp³-hybridized carbons (Fsp3) is 0.316. The Morgan fingerprint density at radius 2 is 1.65 bits per heavy atom. The van der Waals surface area contributed by atoms with Crippen LogP contribution in [0.3, 0.4) is 0 Å². The SMILES string of the molecule is Cc1ccc2sc(N3CCN(S(=O)(=O)c4ccccc4)CC3)nc2c1C. The molecule has 0 radical (unpaired) electrons. The van der Waals surface area contributed by atoms with Crippen LogP contribution in [-0.2, 0) is 10.0 Å². The lowest BCUT2D eigenvalue weighted by Gasteiger charge is -2.33. The molecule has 0 saturated carbocycles. The number of aromatic nitrogens is 1. The third-order valence-corrected chi connectivity index (χ3v) is 7.96. The van der Waals surface area contributed by atoms with Crippen molar-refractivity contribution in [3.05, 3.63) is 53.6 Å². The molecule has 0 spiro atoms. The Labute approximate surface area is 157 Å². The third kappa shape index (κ3) is 3.00. The highest BCUT2D eigenvalue weighted by Gasteiger charge is 2.29. The first-order valence-electron chi connectivity index (χ1n) is 8.64. The third-order valence-electron chi connectivity index (χ3n) is 4.96. The smallest absolute Gasteiger partial charge is 0.243 e. The number of nitrogens with zero attached hydrogens (tertiary/aromatic N) is 3. The summed E-state index contributed by atoms with van der Waals surface area (Å²) in [6.45, 7) is 6.47. The Bertz CT molecular complexity index is 1040. The predicted molar refractivity (Wildman–Crippen MR) is 107 cm³/mol. The van der Waals surface area contributed by atoms with Gasteiger partial charge in [0, 0.05) is 26.2 Å². The van der Waals surface area contributed by atoms with Crippen LogP contribution in [0.5, 0.6) is 0 Å². The molecule has 3 aromatic rings. The molecule has 5 nitrogen and oxygen atoms in total. The number of rotatable bonds is 3. The van der Waals surface area contributed by atoms with Gasteiger partial charge in [-0.25, -0.2) is 13.4 Å². The molecule has 4 rings (SSSR count). The zero-order valence-corrected chi connectivity index (χ0v) is 16.5. The maximum Gasteiger partial charge on any atom is 0.243 e. The fourth-order valence-corrected chi connectivity index (χ4v) is 5.73. The summed E-state index contributed by atoms with van der Waals surface area (Å²) in [5.41, 5.74) is 3.52. The number of sulfonamides is 1. The molecule has 0 amide bonds. The van der Waals surface area contributed by atoms with Crippen LogP contribution >= 0.6 is 11.3 Å². The standard InChI is InChI=1S/C19H21N3O2S2/c1-14-8-9-17-18(15(14)2)20-19(25-17)21-10-12-22(13-11-21)26(23,24)16-6-4-3-5-7-16/h3-9H,10-13H2,1-2H3. The largest absolute Gasteiger partial charge is 0.345 e. The highest BCUT2D eigenvalue weighted by atomic mass is 32.2. The van der Waals surface area contributed by atoms with E-state index in [-0.39, 0.29) is 0 Å². The van der Waals surface area contributed by atoms with E-state index in [9.17, 15) is 8.42 Å². The van der Waals surface area contributed by atoms with Crippen LogP contribution in [0.1, 0.15) is 11.1 Å². The molecule has 0 bridgehead atoms. The van der Waals surface area contributed by atoms with Crippen molar-refractivity contribution in [2.75, 3.05) is 31.1 Å². The van der Waals surface area contributed by atoms with Gasteiger partial charge in [0.1, 0.15) is 0 Å². The van der Waals surface area contributed by atoms with E-state index >= 15 is 0 Å². The zero-order valence-electron chi connectivity index (χ0n) is 14.8. The summed E-state index contributed by atoms with van der Waals surface area (Å²) < 4.78 is 28.2. The lowest BCUT2D eigenvalue weighted by molar-refractivity contribution is 0.385. The van der Waals surface area contributed by atoms with Crippen LogP contribution < -0.4 is 4.90 Å². The summed E-state index contributed by atoms with van der Waals surface area (Å²) in [4.78, 5) is 7.37. The molecule has 1 aliphatic heterocycles. The van der Waals surface area contributed by atoms with E-state index in [2.05, 4.69) is 30.9 Å². The van der Waals surface area contributed by atoms with Gasteiger partial charge < -0.3 is 4.90 Å². The molecule has 1 aliphatic rings. The van der Waals surface area contributed by atoms with Crippen LogP contribution in [0.4, 0.5) is 5.13 Å². The van der Waals surface area contributed by atoms with Gasteiger partial charge >= 0.3 is 0 Å². The fourth-order valence-electron chi connectivity index (χ4n) is 3.21. The minimum atomic E-state index is -3.41. The average molecular weight is 388 g/mol. The van der Waals surface area contributed by atoms with E-state index in [1.165, 1.54) is 15.8 Å². The number of hydrogen-bond acceptors (Lipinski definition) is 5. The zero-order chi connectivity index (χ0) is 18.3. The van der Waals surface area contributed by atoms with Gasteiger partial charge in [-0.05, 0) is 43.2 Å². The first kappa shape index (κ1) is 17.5. The molecule has 0 unspecified atom stereocenters. The molecule has 1 saturated heterocycles. The second-order valence-electron chi connectivity index (χ2n) is 6.55. The molecule has 0 aliphatic carbocycles. The van der Waals surface area contributed by atoms with E-state index in [4.69, 9.17) is 4.98 Å². The van der Waals surface area contributed by atoms with Crippen molar-refractivity contribution in [3.8, 4) is 0 Å². The molecule has 0 N–H and O–H groups in total. The van der Waals surface area contributed by atoms with Crippen molar-refractivity contribution in [2.45, 2.75) is 18.7 Å². The van der Waals surface area contributed by atoms with Crippen LogP contribution in [0.2, 0.25) is 0 Å². The second kappa shape index (κ2) is 6.64. The Kier molecular flexibility index (Phi) is 4.46. The summed E-state index contributed by atoms with van der Waals surface area (Å²) in [5.74, 6) is 0. The highest BCUT2D eigenvalue weighted by molar-refractivity contribution is 7.89. The summed E-state index contributed by atoms with van der Waals surface area (Å²) in [6, 6.07) is 12.9. The van der Waals surface area contributed by atoms with Crippen LogP contribution in [0.15, 0.2) is 47.4 Å². The lowest BCUT2D eigenvalue weighted by atomic mass is 10.1. The molecule has 7 heteroatoms. The lowest BCUT2D eigenvalue weighted by Crippen LogP contribution is -2.48. The number of aryl methyl sites for hydroxylation is 2. The van der Waals surface area contributed by atoms with Gasteiger partial charge in [-0.15, -0.1) is 0 Å². The van der Waals surface area contributed by atoms with Gasteiger partial charge in [0.15, 0.2) is 5.13 Å². The van der Waals surface area contributed by atoms with Crippen molar-refractivity contribution < 1.29 is 8.42 Å². The van der Waals surface area contributed by atoms with Crippen molar-refractivity contribution in [1.29, 1.82) is 0 Å². The average Bonchev–Trinajstić information content (AvgIpc) is 3.11. The molecule has 0 atom stereocenters. The van der Waals surface area contributed by atoms with E-state index < -0.39 is 10.0 Å². The number of fused-ring (bicyclic) bond motifs is 1. The van der Waals surface area contributed by atoms with E-state index in [0.29, 0.717) is 31.1 Å². The first-order valence-corrected chi connectivity index (χ1v) is 10.9. The minimum Gasteiger partial charge on any atom is -0.345 e. The van der Waals surface area contributed by atoms with Gasteiger partial charge in [-0.1, -0.05) is 35.6 Å². The van der Waals surface area contributed by atoms with E-state index in [1.54, 1.807) is 39.9 Å². The highest BCUT2D eigenvalue weighted by Crippen LogP contribution is 2.32. The number of anilines is 1. The second-order valence-corrected chi connectivity index (χ2v) is 9.50. The maximum atomic E-state index is 12.7. The Morgan fingerprint density at radius 3 is 2.35 bits per heavy atom. The Hall–Kier alpha value is -1.96. The molecule has 1 fully saturated rings. The van der Waals surface area contributed by atoms with E-state index in [1.807, 2.05) is 6.07 Å². The molecule has 2 heterocycles. The van der Waals surface area contributed by atoms with Gasteiger partial charge in [0.2, 0.25) is 10.0 Å². The topological polar surface area (TPSA) is 53.5 Å². The number of piperazine rings is 1. The summed E-state index contributed by atoms with van der Waals surface area (Å²) in [5, 5.41) is 0.977. The monoisotopic (exact) mass is 387 g/mol. The van der Waals surface area contributed by atoms with Gasteiger partial charge in [-0.3, -0.25) is 0 Å².